The lowest BCUT2D eigenvalue weighted by atomic mass is 9.99. The van der Waals surface area contributed by atoms with E-state index in [2.05, 4.69) is 48.5 Å². The standard InChI is InChI=1S/C81H158O17P2/c1-8-10-11-12-13-14-15-16-18-22-25-34-41-48-55-62-78(83)91-68-76(97-80(85)64-57-50-43-36-26-23-20-17-19-21-24-31-38-45-52-59-72(3)4)70-95-99(87,88)93-66-75(82)67-94-100(89,90)96-71-77(69-92-79(84)63-56-49-42-35-29-27-32-39-46-53-60-73(5)6)98-81(86)65-58-51-44-37-30-28-33-40-47-54-61-74(7)9-2/h72-77,82H,8-71H2,1-7H3,(H,87,88)(H,89,90)/t74?,75-,76-,77-/m1/s1. The Balaban J connectivity index is 5.27. The van der Waals surface area contributed by atoms with Crippen LogP contribution in [0.2, 0.25) is 0 Å². The van der Waals surface area contributed by atoms with Gasteiger partial charge in [0.2, 0.25) is 0 Å². The van der Waals surface area contributed by atoms with E-state index in [1.165, 1.54) is 231 Å². The van der Waals surface area contributed by atoms with Crippen LogP contribution in [-0.2, 0) is 65.4 Å². The first-order chi connectivity index (χ1) is 48.3. The second kappa shape index (κ2) is 71.3. The summed E-state index contributed by atoms with van der Waals surface area (Å²) in [5, 5.41) is 10.6. The molecule has 594 valence electrons. The Kier molecular flexibility index (Phi) is 69.9. The Bertz CT molecular complexity index is 1940. The van der Waals surface area contributed by atoms with Crippen LogP contribution in [0.15, 0.2) is 0 Å². The van der Waals surface area contributed by atoms with Gasteiger partial charge in [-0.15, -0.1) is 0 Å². The molecule has 19 heteroatoms. The number of unbranched alkanes of at least 4 members (excludes halogenated alkanes) is 46. The van der Waals surface area contributed by atoms with Crippen molar-refractivity contribution < 1.29 is 80.2 Å². The predicted octanol–water partition coefficient (Wildman–Crippen LogP) is 24.1. The third-order valence-electron chi connectivity index (χ3n) is 19.2. The lowest BCUT2D eigenvalue weighted by Crippen LogP contribution is -2.30. The van der Waals surface area contributed by atoms with Crippen LogP contribution in [0.25, 0.3) is 0 Å². The summed E-state index contributed by atoms with van der Waals surface area (Å²) in [4.78, 5) is 73.1. The van der Waals surface area contributed by atoms with Gasteiger partial charge in [-0.05, 0) is 43.4 Å². The average molecular weight is 1470 g/mol. The molecule has 0 rings (SSSR count). The monoisotopic (exact) mass is 1470 g/mol. The van der Waals surface area contributed by atoms with Crippen LogP contribution >= 0.6 is 15.6 Å². The van der Waals surface area contributed by atoms with Crippen molar-refractivity contribution in [2.45, 2.75) is 439 Å². The fraction of sp³-hybridized carbons (Fsp3) is 0.951. The summed E-state index contributed by atoms with van der Waals surface area (Å²) >= 11 is 0. The zero-order chi connectivity index (χ0) is 73.7. The summed E-state index contributed by atoms with van der Waals surface area (Å²) < 4.78 is 68.8. The van der Waals surface area contributed by atoms with E-state index in [0.29, 0.717) is 25.7 Å². The molecule has 0 aliphatic carbocycles. The molecule has 0 saturated heterocycles. The van der Waals surface area contributed by atoms with E-state index in [9.17, 15) is 43.2 Å². The minimum Gasteiger partial charge on any atom is -0.462 e. The molecule has 100 heavy (non-hydrogen) atoms. The Morgan fingerprint density at radius 2 is 0.510 bits per heavy atom. The summed E-state index contributed by atoms with van der Waals surface area (Å²) in [5.41, 5.74) is 0. The molecule has 0 aromatic carbocycles. The van der Waals surface area contributed by atoms with E-state index in [1.54, 1.807) is 0 Å². The largest absolute Gasteiger partial charge is 0.472 e. The van der Waals surface area contributed by atoms with E-state index in [4.69, 9.17) is 37.0 Å². The lowest BCUT2D eigenvalue weighted by Gasteiger charge is -2.21. The molecule has 0 aliphatic heterocycles. The highest BCUT2D eigenvalue weighted by Gasteiger charge is 2.30. The molecule has 0 aromatic rings. The first-order valence-corrected chi connectivity index (χ1v) is 44.9. The number of esters is 4. The number of carbonyl (C=O) groups excluding carboxylic acids is 4. The van der Waals surface area contributed by atoms with Crippen molar-refractivity contribution in [1.29, 1.82) is 0 Å². The summed E-state index contributed by atoms with van der Waals surface area (Å²) in [5.74, 6) is 0.255. The van der Waals surface area contributed by atoms with E-state index in [-0.39, 0.29) is 25.7 Å². The van der Waals surface area contributed by atoms with E-state index in [0.717, 1.165) is 108 Å². The fourth-order valence-electron chi connectivity index (χ4n) is 12.5. The van der Waals surface area contributed by atoms with Gasteiger partial charge in [-0.3, -0.25) is 37.3 Å². The zero-order valence-corrected chi connectivity index (χ0v) is 67.5. The van der Waals surface area contributed by atoms with Crippen LogP contribution in [0.1, 0.15) is 421 Å². The van der Waals surface area contributed by atoms with E-state index in [1.807, 2.05) is 0 Å². The minimum absolute atomic E-state index is 0.106. The molecule has 0 bridgehead atoms. The number of aliphatic hydroxyl groups excluding tert-OH is 1. The number of hydrogen-bond acceptors (Lipinski definition) is 15. The van der Waals surface area contributed by atoms with Gasteiger partial charge in [0.1, 0.15) is 19.3 Å². The number of rotatable bonds is 79. The summed E-state index contributed by atoms with van der Waals surface area (Å²) in [6.07, 6.45) is 59.5. The topological polar surface area (TPSA) is 237 Å². The molecule has 0 fully saturated rings. The predicted molar refractivity (Wildman–Crippen MR) is 409 cm³/mol. The Hall–Kier alpha value is -1.94. The second-order valence-corrected chi connectivity index (χ2v) is 33.3. The molecular formula is C81H158O17P2. The Morgan fingerprint density at radius 3 is 0.760 bits per heavy atom. The molecule has 3 unspecified atom stereocenters. The first-order valence-electron chi connectivity index (χ1n) is 41.9. The third-order valence-corrected chi connectivity index (χ3v) is 21.1. The molecule has 0 aromatic heterocycles. The van der Waals surface area contributed by atoms with Gasteiger partial charge >= 0.3 is 39.5 Å². The molecule has 17 nitrogen and oxygen atoms in total. The maximum Gasteiger partial charge on any atom is 0.472 e. The van der Waals surface area contributed by atoms with Gasteiger partial charge in [-0.2, -0.15) is 0 Å². The van der Waals surface area contributed by atoms with Gasteiger partial charge in [0, 0.05) is 25.7 Å². The Labute approximate surface area is 613 Å². The Morgan fingerprint density at radius 1 is 0.290 bits per heavy atom. The van der Waals surface area contributed by atoms with Gasteiger partial charge in [-0.25, -0.2) is 9.13 Å². The van der Waals surface area contributed by atoms with Crippen molar-refractivity contribution >= 4 is 39.5 Å². The van der Waals surface area contributed by atoms with E-state index >= 15 is 0 Å². The van der Waals surface area contributed by atoms with Crippen LogP contribution in [-0.4, -0.2) is 96.7 Å². The number of aliphatic hydroxyl groups is 1. The molecule has 0 spiro atoms. The summed E-state index contributed by atoms with van der Waals surface area (Å²) in [7, 11) is -9.92. The van der Waals surface area contributed by atoms with E-state index < -0.39 is 97.5 Å². The van der Waals surface area contributed by atoms with Gasteiger partial charge in [0.25, 0.3) is 0 Å². The summed E-state index contributed by atoms with van der Waals surface area (Å²) in [6, 6.07) is 0. The molecular weight excluding hydrogens is 1310 g/mol. The van der Waals surface area contributed by atoms with Crippen molar-refractivity contribution in [3.63, 3.8) is 0 Å². The third kappa shape index (κ3) is 73.0. The number of carbonyl (C=O) groups is 4. The van der Waals surface area contributed by atoms with Crippen molar-refractivity contribution in [2.75, 3.05) is 39.6 Å². The minimum atomic E-state index is -4.96. The highest BCUT2D eigenvalue weighted by molar-refractivity contribution is 7.47. The fourth-order valence-corrected chi connectivity index (χ4v) is 14.0. The maximum atomic E-state index is 13.1. The normalized spacial score (nSPS) is 14.2. The van der Waals surface area contributed by atoms with Crippen LogP contribution in [0.5, 0.6) is 0 Å². The number of phosphoric ester groups is 2. The van der Waals surface area contributed by atoms with Crippen molar-refractivity contribution in [3.05, 3.63) is 0 Å². The first kappa shape index (κ1) is 98.1. The highest BCUT2D eigenvalue weighted by atomic mass is 31.2. The molecule has 0 saturated carbocycles. The van der Waals surface area contributed by atoms with Gasteiger partial charge in [-0.1, -0.05) is 370 Å². The number of phosphoric acid groups is 2. The summed E-state index contributed by atoms with van der Waals surface area (Å²) in [6.45, 7) is 12.0. The van der Waals surface area contributed by atoms with Gasteiger partial charge < -0.3 is 33.8 Å². The van der Waals surface area contributed by atoms with Gasteiger partial charge in [0.15, 0.2) is 12.2 Å². The lowest BCUT2D eigenvalue weighted by molar-refractivity contribution is -0.161. The van der Waals surface area contributed by atoms with Crippen molar-refractivity contribution in [3.8, 4) is 0 Å². The average Bonchev–Trinajstić information content (AvgIpc) is 0.931. The molecule has 6 atom stereocenters. The van der Waals surface area contributed by atoms with Crippen LogP contribution < -0.4 is 0 Å². The highest BCUT2D eigenvalue weighted by Crippen LogP contribution is 2.45. The van der Waals surface area contributed by atoms with Crippen LogP contribution in [0.3, 0.4) is 0 Å². The second-order valence-electron chi connectivity index (χ2n) is 30.4. The van der Waals surface area contributed by atoms with Crippen LogP contribution in [0.4, 0.5) is 0 Å². The van der Waals surface area contributed by atoms with Crippen molar-refractivity contribution in [2.24, 2.45) is 17.8 Å². The van der Waals surface area contributed by atoms with Crippen molar-refractivity contribution in [1.82, 2.24) is 0 Å². The quantitative estimate of drug-likeness (QED) is 0.0222. The molecule has 0 radical (unpaired) electrons. The molecule has 0 amide bonds. The number of ether oxygens (including phenoxy) is 4. The maximum absolute atomic E-state index is 13.1. The van der Waals surface area contributed by atoms with Crippen LogP contribution in [0, 0.1) is 17.8 Å². The zero-order valence-electron chi connectivity index (χ0n) is 65.7. The number of hydrogen-bond donors (Lipinski definition) is 3. The van der Waals surface area contributed by atoms with Gasteiger partial charge in [0.05, 0.1) is 26.4 Å². The molecule has 0 aliphatic rings. The SMILES string of the molecule is CCCCCCCCCCCCCCCCCC(=O)OC[C@H](COP(=O)(O)OC[C@@H](O)COP(=O)(O)OC[C@@H](COC(=O)CCCCCCCCCCCCC(C)C)OC(=O)CCCCCCCCCCCCC(C)CC)OC(=O)CCCCCCCCCCCCCCCCCC(C)C. The smallest absolute Gasteiger partial charge is 0.462 e. The molecule has 0 heterocycles. The molecule has 3 N–H and O–H groups in total.